The summed E-state index contributed by atoms with van der Waals surface area (Å²) in [6, 6.07) is 9.74. The van der Waals surface area contributed by atoms with Crippen molar-refractivity contribution in [3.05, 3.63) is 59.3 Å². The monoisotopic (exact) mass is 442 g/mol. The Morgan fingerprint density at radius 1 is 1.16 bits per heavy atom. The first kappa shape index (κ1) is 21.5. The Bertz CT molecular complexity index is 1010. The zero-order valence-electron chi connectivity index (χ0n) is 17.7. The molecule has 0 unspecified atom stereocenters. The van der Waals surface area contributed by atoms with Gasteiger partial charge in [-0.05, 0) is 43.2 Å². The highest BCUT2D eigenvalue weighted by atomic mass is 32.2. The fourth-order valence-electron chi connectivity index (χ4n) is 3.30. The number of benzene rings is 1. The number of carbonyl (C=O) groups excluding carboxylic acids is 1. The van der Waals surface area contributed by atoms with E-state index in [0.29, 0.717) is 49.6 Å². The first-order valence-corrected chi connectivity index (χ1v) is 11.2. The van der Waals surface area contributed by atoms with Crippen molar-refractivity contribution in [3.63, 3.8) is 0 Å². The summed E-state index contributed by atoms with van der Waals surface area (Å²) >= 11 is 1.38. The summed E-state index contributed by atoms with van der Waals surface area (Å²) in [5, 5.41) is 9.32. The van der Waals surface area contributed by atoms with Crippen LogP contribution >= 0.6 is 11.8 Å². The van der Waals surface area contributed by atoms with Crippen LogP contribution in [0.5, 0.6) is 5.75 Å². The molecule has 0 N–H and O–H groups in total. The van der Waals surface area contributed by atoms with Crippen LogP contribution in [0.25, 0.3) is 0 Å². The number of aryl methyl sites for hydroxylation is 1. The van der Waals surface area contributed by atoms with Gasteiger partial charge in [0.15, 0.2) is 11.0 Å². The highest BCUT2D eigenvalue weighted by Crippen LogP contribution is 2.24. The third kappa shape index (κ3) is 5.29. The van der Waals surface area contributed by atoms with Gasteiger partial charge in [0.1, 0.15) is 18.1 Å². The predicted molar refractivity (Wildman–Crippen MR) is 116 cm³/mol. The van der Waals surface area contributed by atoms with Crippen molar-refractivity contribution in [2.45, 2.75) is 32.2 Å². The molecule has 0 atom stereocenters. The Hall–Kier alpha value is -2.78. The average Bonchev–Trinajstić information content (AvgIpc) is 3.44. The van der Waals surface area contributed by atoms with Crippen molar-refractivity contribution in [2.24, 2.45) is 0 Å². The molecule has 0 bridgehead atoms. The normalized spacial score (nSPS) is 14.1. The Labute approximate surface area is 185 Å². The lowest BCUT2D eigenvalue weighted by molar-refractivity contribution is -0.132. The largest absolute Gasteiger partial charge is 0.485 e. The highest BCUT2D eigenvalue weighted by Gasteiger charge is 2.20. The van der Waals surface area contributed by atoms with Gasteiger partial charge in [0.05, 0.1) is 31.8 Å². The molecule has 1 aliphatic rings. The Morgan fingerprint density at radius 3 is 2.77 bits per heavy atom. The van der Waals surface area contributed by atoms with E-state index in [1.165, 1.54) is 17.3 Å². The van der Waals surface area contributed by atoms with Crippen molar-refractivity contribution < 1.29 is 18.7 Å². The number of thioether (sulfide) groups is 1. The number of amides is 1. The second-order valence-corrected chi connectivity index (χ2v) is 8.28. The topological polar surface area (TPSA) is 82.6 Å². The van der Waals surface area contributed by atoms with Gasteiger partial charge in [-0.2, -0.15) is 0 Å². The number of nitrogens with zero attached hydrogens (tertiary/aromatic N) is 4. The second-order valence-electron chi connectivity index (χ2n) is 7.33. The molecule has 8 nitrogen and oxygen atoms in total. The SMILES string of the molecule is Cc1cccc(OCc2nnc(SCC(=O)N3CCOCC3)n2Cc2ccco2)c1C. The van der Waals surface area contributed by atoms with Gasteiger partial charge < -0.3 is 18.8 Å². The van der Waals surface area contributed by atoms with E-state index in [2.05, 4.69) is 23.2 Å². The van der Waals surface area contributed by atoms with Gasteiger partial charge in [-0.3, -0.25) is 9.36 Å². The van der Waals surface area contributed by atoms with E-state index in [9.17, 15) is 4.79 Å². The Kier molecular flexibility index (Phi) is 6.93. The zero-order chi connectivity index (χ0) is 21.6. The second kappa shape index (κ2) is 10.0. The van der Waals surface area contributed by atoms with E-state index >= 15 is 0 Å². The molecule has 4 rings (SSSR count). The summed E-state index contributed by atoms with van der Waals surface area (Å²) in [7, 11) is 0. The summed E-state index contributed by atoms with van der Waals surface area (Å²) < 4.78 is 18.8. The van der Waals surface area contributed by atoms with Crippen LogP contribution in [0, 0.1) is 13.8 Å². The quantitative estimate of drug-likeness (QED) is 0.496. The maximum Gasteiger partial charge on any atom is 0.233 e. The highest BCUT2D eigenvalue weighted by molar-refractivity contribution is 7.99. The summed E-state index contributed by atoms with van der Waals surface area (Å²) in [4.78, 5) is 14.4. The van der Waals surface area contributed by atoms with Crippen molar-refractivity contribution in [3.8, 4) is 5.75 Å². The molecular formula is C22H26N4O4S. The number of hydrogen-bond acceptors (Lipinski definition) is 7. The first-order valence-electron chi connectivity index (χ1n) is 10.2. The van der Waals surface area contributed by atoms with Crippen LogP contribution in [0.4, 0.5) is 0 Å². The third-order valence-electron chi connectivity index (χ3n) is 5.29. The van der Waals surface area contributed by atoms with Gasteiger partial charge >= 0.3 is 0 Å². The molecule has 1 saturated heterocycles. The number of hydrogen-bond donors (Lipinski definition) is 0. The van der Waals surface area contributed by atoms with E-state index in [0.717, 1.165) is 17.1 Å². The molecule has 0 aliphatic carbocycles. The molecule has 3 heterocycles. The average molecular weight is 443 g/mol. The molecule has 1 fully saturated rings. The van der Waals surface area contributed by atoms with Gasteiger partial charge in [0.2, 0.25) is 5.91 Å². The fourth-order valence-corrected chi connectivity index (χ4v) is 4.16. The minimum Gasteiger partial charge on any atom is -0.485 e. The Balaban J connectivity index is 1.48. The van der Waals surface area contributed by atoms with Gasteiger partial charge in [0.25, 0.3) is 0 Å². The van der Waals surface area contributed by atoms with Gasteiger partial charge in [-0.25, -0.2) is 0 Å². The predicted octanol–water partition coefficient (Wildman–Crippen LogP) is 3.07. The van der Waals surface area contributed by atoms with Crippen LogP contribution in [0.15, 0.2) is 46.2 Å². The zero-order valence-corrected chi connectivity index (χ0v) is 18.6. The van der Waals surface area contributed by atoms with Gasteiger partial charge in [-0.15, -0.1) is 10.2 Å². The molecule has 31 heavy (non-hydrogen) atoms. The summed E-state index contributed by atoms with van der Waals surface area (Å²) in [6.45, 7) is 7.28. The Morgan fingerprint density at radius 2 is 2.00 bits per heavy atom. The maximum absolute atomic E-state index is 12.5. The minimum absolute atomic E-state index is 0.0778. The molecule has 1 aliphatic heterocycles. The van der Waals surface area contributed by atoms with Crippen LogP contribution in [-0.2, 0) is 22.7 Å². The van der Waals surface area contributed by atoms with Crippen LogP contribution in [-0.4, -0.2) is 57.6 Å². The van der Waals surface area contributed by atoms with Crippen LogP contribution in [0.1, 0.15) is 22.7 Å². The number of ether oxygens (including phenoxy) is 2. The van der Waals surface area contributed by atoms with E-state index in [-0.39, 0.29) is 12.5 Å². The lowest BCUT2D eigenvalue weighted by Gasteiger charge is -2.26. The summed E-state index contributed by atoms with van der Waals surface area (Å²) in [5.41, 5.74) is 2.28. The van der Waals surface area contributed by atoms with Crippen molar-refractivity contribution in [2.75, 3.05) is 32.1 Å². The van der Waals surface area contributed by atoms with Crippen molar-refractivity contribution in [1.29, 1.82) is 0 Å². The fraction of sp³-hybridized carbons (Fsp3) is 0.409. The number of rotatable bonds is 8. The first-order chi connectivity index (χ1) is 15.1. The summed E-state index contributed by atoms with van der Waals surface area (Å²) in [5.74, 6) is 2.67. The van der Waals surface area contributed by atoms with Crippen LogP contribution in [0.2, 0.25) is 0 Å². The van der Waals surface area contributed by atoms with E-state index in [1.807, 2.05) is 40.7 Å². The van der Waals surface area contributed by atoms with Crippen molar-refractivity contribution in [1.82, 2.24) is 19.7 Å². The smallest absolute Gasteiger partial charge is 0.233 e. The molecule has 2 aromatic heterocycles. The number of carbonyl (C=O) groups is 1. The lowest BCUT2D eigenvalue weighted by Crippen LogP contribution is -2.41. The van der Waals surface area contributed by atoms with Crippen LogP contribution in [0.3, 0.4) is 0 Å². The maximum atomic E-state index is 12.5. The minimum atomic E-state index is 0.0778. The van der Waals surface area contributed by atoms with Gasteiger partial charge in [-0.1, -0.05) is 23.9 Å². The molecule has 1 amide bonds. The molecule has 0 radical (unpaired) electrons. The third-order valence-corrected chi connectivity index (χ3v) is 6.24. The number of morpholine rings is 1. The van der Waals surface area contributed by atoms with E-state index in [1.54, 1.807) is 6.26 Å². The van der Waals surface area contributed by atoms with Gasteiger partial charge in [0, 0.05) is 13.1 Å². The molecular weight excluding hydrogens is 416 g/mol. The van der Waals surface area contributed by atoms with E-state index in [4.69, 9.17) is 13.9 Å². The van der Waals surface area contributed by atoms with Crippen LogP contribution < -0.4 is 4.74 Å². The molecule has 164 valence electrons. The van der Waals surface area contributed by atoms with Crippen molar-refractivity contribution >= 4 is 17.7 Å². The lowest BCUT2D eigenvalue weighted by atomic mass is 10.1. The molecule has 0 saturated carbocycles. The number of aromatic nitrogens is 3. The molecule has 3 aromatic rings. The molecule has 9 heteroatoms. The molecule has 1 aromatic carbocycles. The van der Waals surface area contributed by atoms with E-state index < -0.39 is 0 Å². The standard InChI is InChI=1S/C22H26N4O4S/c1-16-5-3-7-19(17(16)2)30-14-20-23-24-22(26(20)13-18-6-4-10-29-18)31-15-21(27)25-8-11-28-12-9-25/h3-7,10H,8-9,11-15H2,1-2H3. The summed E-state index contributed by atoms with van der Waals surface area (Å²) in [6.07, 6.45) is 1.64. The number of furan rings is 1. The molecule has 0 spiro atoms.